The minimum Gasteiger partial charge on any atom is -0.355 e. The normalized spacial score (nSPS) is 12.8. The molecule has 0 aliphatic carbocycles. The van der Waals surface area contributed by atoms with Crippen LogP contribution in [0.15, 0.2) is 5.16 Å². The zero-order valence-corrected chi connectivity index (χ0v) is 13.8. The van der Waals surface area contributed by atoms with Gasteiger partial charge in [0.15, 0.2) is 0 Å². The third-order valence-corrected chi connectivity index (χ3v) is 3.45. The van der Waals surface area contributed by atoms with Crippen LogP contribution < -0.4 is 10.6 Å². The van der Waals surface area contributed by atoms with E-state index in [9.17, 15) is 9.59 Å². The van der Waals surface area contributed by atoms with Gasteiger partial charge in [0.1, 0.15) is 6.04 Å². The average molecular weight is 314 g/mol. The summed E-state index contributed by atoms with van der Waals surface area (Å²) in [6, 6.07) is -0.559. The number of rotatable bonds is 6. The van der Waals surface area contributed by atoms with E-state index in [1.807, 2.05) is 27.7 Å². The number of likely N-dealkylation sites (N-methyl/N-ethyl adjacent to an activating group) is 1. The lowest BCUT2D eigenvalue weighted by molar-refractivity contribution is -0.127. The van der Waals surface area contributed by atoms with E-state index in [1.165, 1.54) is 11.8 Å². The van der Waals surface area contributed by atoms with E-state index in [0.717, 1.165) is 0 Å². The van der Waals surface area contributed by atoms with Crippen LogP contribution in [0.1, 0.15) is 34.6 Å². The SMILES string of the molecule is CCNC(=O)[C@H](C)NC(=O)CSc1nnnn1C(C)(C)C. The van der Waals surface area contributed by atoms with Gasteiger partial charge in [0.2, 0.25) is 17.0 Å². The summed E-state index contributed by atoms with van der Waals surface area (Å²) in [4.78, 5) is 23.4. The molecule has 9 heteroatoms. The molecule has 1 aromatic heterocycles. The van der Waals surface area contributed by atoms with Gasteiger partial charge < -0.3 is 10.6 Å². The van der Waals surface area contributed by atoms with Gasteiger partial charge in [0.25, 0.3) is 0 Å². The van der Waals surface area contributed by atoms with Gasteiger partial charge in [-0.15, -0.1) is 5.10 Å². The first-order valence-electron chi connectivity index (χ1n) is 6.74. The van der Waals surface area contributed by atoms with Crippen LogP contribution in [0.4, 0.5) is 0 Å². The van der Waals surface area contributed by atoms with Crippen molar-refractivity contribution in [3.05, 3.63) is 0 Å². The van der Waals surface area contributed by atoms with Crippen molar-refractivity contribution in [2.45, 2.75) is 51.4 Å². The number of hydrogen-bond donors (Lipinski definition) is 2. The second-order valence-electron chi connectivity index (χ2n) is 5.52. The number of nitrogens with one attached hydrogen (secondary N) is 2. The minimum atomic E-state index is -0.559. The van der Waals surface area contributed by atoms with E-state index in [1.54, 1.807) is 11.6 Å². The van der Waals surface area contributed by atoms with Gasteiger partial charge in [-0.05, 0) is 45.0 Å². The summed E-state index contributed by atoms with van der Waals surface area (Å²) < 4.78 is 1.66. The molecule has 0 aliphatic rings. The topological polar surface area (TPSA) is 102 Å². The van der Waals surface area contributed by atoms with E-state index in [0.29, 0.717) is 11.7 Å². The molecule has 1 heterocycles. The molecular formula is C12H22N6O2S. The predicted molar refractivity (Wildman–Crippen MR) is 79.8 cm³/mol. The Morgan fingerprint density at radius 1 is 1.38 bits per heavy atom. The molecule has 0 aromatic carbocycles. The van der Waals surface area contributed by atoms with Gasteiger partial charge in [-0.25, -0.2) is 4.68 Å². The highest BCUT2D eigenvalue weighted by Crippen LogP contribution is 2.20. The summed E-state index contributed by atoms with van der Waals surface area (Å²) in [5.74, 6) is -0.280. The molecular weight excluding hydrogens is 292 g/mol. The Morgan fingerprint density at radius 2 is 2.05 bits per heavy atom. The summed E-state index contributed by atoms with van der Waals surface area (Å²) in [6.07, 6.45) is 0. The van der Waals surface area contributed by atoms with E-state index >= 15 is 0 Å². The summed E-state index contributed by atoms with van der Waals surface area (Å²) in [5.41, 5.74) is -0.253. The Labute approximate surface area is 128 Å². The molecule has 21 heavy (non-hydrogen) atoms. The summed E-state index contributed by atoms with van der Waals surface area (Å²) in [6.45, 7) is 9.94. The number of hydrogen-bond acceptors (Lipinski definition) is 6. The lowest BCUT2D eigenvalue weighted by atomic mass is 10.1. The molecule has 0 bridgehead atoms. The maximum atomic E-state index is 11.8. The van der Waals surface area contributed by atoms with Gasteiger partial charge in [-0.2, -0.15) is 0 Å². The largest absolute Gasteiger partial charge is 0.355 e. The smallest absolute Gasteiger partial charge is 0.242 e. The van der Waals surface area contributed by atoms with Crippen LogP contribution >= 0.6 is 11.8 Å². The third kappa shape index (κ3) is 5.33. The molecule has 0 fully saturated rings. The molecule has 0 radical (unpaired) electrons. The van der Waals surface area contributed by atoms with Crippen LogP contribution in [0.2, 0.25) is 0 Å². The quantitative estimate of drug-likeness (QED) is 0.725. The number of tetrazole rings is 1. The Balaban J connectivity index is 2.51. The lowest BCUT2D eigenvalue weighted by Crippen LogP contribution is -2.45. The minimum absolute atomic E-state index is 0.153. The Hall–Kier alpha value is -1.64. The highest BCUT2D eigenvalue weighted by atomic mass is 32.2. The predicted octanol–water partition coefficient (Wildman–Crippen LogP) is 0.161. The number of nitrogens with zero attached hydrogens (tertiary/aromatic N) is 4. The molecule has 118 valence electrons. The first-order valence-corrected chi connectivity index (χ1v) is 7.73. The molecule has 0 unspecified atom stereocenters. The molecule has 0 saturated carbocycles. The van der Waals surface area contributed by atoms with Crippen LogP contribution in [0.5, 0.6) is 0 Å². The van der Waals surface area contributed by atoms with Crippen LogP contribution in [0, 0.1) is 0 Å². The average Bonchev–Trinajstić information content (AvgIpc) is 2.84. The van der Waals surface area contributed by atoms with E-state index in [4.69, 9.17) is 0 Å². The number of carbonyl (C=O) groups excluding carboxylic acids is 2. The summed E-state index contributed by atoms with van der Waals surface area (Å²) in [7, 11) is 0. The first-order chi connectivity index (χ1) is 9.75. The van der Waals surface area contributed by atoms with E-state index in [-0.39, 0.29) is 23.1 Å². The third-order valence-electron chi connectivity index (χ3n) is 2.53. The fourth-order valence-electron chi connectivity index (χ4n) is 1.50. The fraction of sp³-hybridized carbons (Fsp3) is 0.750. The van der Waals surface area contributed by atoms with Crippen LogP contribution in [-0.2, 0) is 15.1 Å². The highest BCUT2D eigenvalue weighted by molar-refractivity contribution is 7.99. The molecule has 0 saturated heterocycles. The van der Waals surface area contributed by atoms with Gasteiger partial charge in [0, 0.05) is 6.54 Å². The van der Waals surface area contributed by atoms with Crippen molar-refractivity contribution in [2.75, 3.05) is 12.3 Å². The van der Waals surface area contributed by atoms with Crippen molar-refractivity contribution in [1.29, 1.82) is 0 Å². The number of carbonyl (C=O) groups is 2. The molecule has 1 aromatic rings. The molecule has 1 rings (SSSR count). The zero-order chi connectivity index (χ0) is 16.0. The van der Waals surface area contributed by atoms with E-state index in [2.05, 4.69) is 26.2 Å². The fourth-order valence-corrected chi connectivity index (χ4v) is 2.37. The molecule has 0 aliphatic heterocycles. The molecule has 2 amide bonds. The Kier molecular flexibility index (Phi) is 6.13. The van der Waals surface area contributed by atoms with E-state index < -0.39 is 6.04 Å². The Morgan fingerprint density at radius 3 is 2.62 bits per heavy atom. The molecule has 0 spiro atoms. The van der Waals surface area contributed by atoms with Gasteiger partial charge >= 0.3 is 0 Å². The maximum absolute atomic E-state index is 11.8. The molecule has 2 N–H and O–H groups in total. The highest BCUT2D eigenvalue weighted by Gasteiger charge is 2.21. The number of thioether (sulfide) groups is 1. The van der Waals surface area contributed by atoms with Crippen molar-refractivity contribution >= 4 is 23.6 Å². The second kappa shape index (κ2) is 7.39. The second-order valence-corrected chi connectivity index (χ2v) is 6.46. The van der Waals surface area contributed by atoms with Crippen molar-refractivity contribution in [1.82, 2.24) is 30.8 Å². The Bertz CT molecular complexity index is 496. The zero-order valence-electron chi connectivity index (χ0n) is 13.0. The van der Waals surface area contributed by atoms with Gasteiger partial charge in [0.05, 0.1) is 11.3 Å². The first kappa shape index (κ1) is 17.4. The lowest BCUT2D eigenvalue weighted by Gasteiger charge is -2.19. The summed E-state index contributed by atoms with van der Waals surface area (Å²) in [5, 5.41) is 17.3. The number of aromatic nitrogens is 4. The monoisotopic (exact) mass is 314 g/mol. The summed E-state index contributed by atoms with van der Waals surface area (Å²) >= 11 is 1.24. The molecule has 1 atom stereocenters. The van der Waals surface area contributed by atoms with Crippen LogP contribution in [0.3, 0.4) is 0 Å². The number of amides is 2. The van der Waals surface area contributed by atoms with Crippen molar-refractivity contribution in [3.63, 3.8) is 0 Å². The van der Waals surface area contributed by atoms with Crippen molar-refractivity contribution < 1.29 is 9.59 Å². The van der Waals surface area contributed by atoms with Crippen molar-refractivity contribution in [2.24, 2.45) is 0 Å². The standard InChI is InChI=1S/C12H22N6O2S/c1-6-13-10(20)8(2)14-9(19)7-21-11-15-16-17-18(11)12(3,4)5/h8H,6-7H2,1-5H3,(H,13,20)(H,14,19)/t8-/m0/s1. The van der Waals surface area contributed by atoms with Crippen LogP contribution in [-0.4, -0.2) is 50.4 Å². The maximum Gasteiger partial charge on any atom is 0.242 e. The van der Waals surface area contributed by atoms with Gasteiger partial charge in [-0.3, -0.25) is 9.59 Å². The molecule has 8 nitrogen and oxygen atoms in total. The van der Waals surface area contributed by atoms with Crippen LogP contribution in [0.25, 0.3) is 0 Å². The van der Waals surface area contributed by atoms with Crippen molar-refractivity contribution in [3.8, 4) is 0 Å². The van der Waals surface area contributed by atoms with Gasteiger partial charge in [-0.1, -0.05) is 11.8 Å².